The van der Waals surface area contributed by atoms with E-state index >= 15 is 0 Å². The van der Waals surface area contributed by atoms with E-state index in [2.05, 4.69) is 4.98 Å². The summed E-state index contributed by atoms with van der Waals surface area (Å²) in [7, 11) is 0. The monoisotopic (exact) mass is 223 g/mol. The number of anilines is 1. The van der Waals surface area contributed by atoms with E-state index in [1.165, 1.54) is 6.07 Å². The van der Waals surface area contributed by atoms with Gasteiger partial charge in [-0.15, -0.1) is 0 Å². The molecule has 1 atom stereocenters. The number of primary amides is 1. The summed E-state index contributed by atoms with van der Waals surface area (Å²) in [6, 6.07) is 2.92. The molecule has 1 aliphatic rings. The minimum absolute atomic E-state index is 0.199. The Morgan fingerprint density at radius 3 is 3.12 bits per heavy atom. The van der Waals surface area contributed by atoms with Crippen LogP contribution in [-0.2, 0) is 4.79 Å². The Hall–Kier alpha value is -1.65. The number of hydrogen-bond donors (Lipinski definition) is 1. The van der Waals surface area contributed by atoms with Crippen molar-refractivity contribution in [1.29, 1.82) is 0 Å². The van der Waals surface area contributed by atoms with Crippen molar-refractivity contribution in [3.63, 3.8) is 0 Å². The van der Waals surface area contributed by atoms with Crippen molar-refractivity contribution >= 4 is 11.7 Å². The van der Waals surface area contributed by atoms with Crippen LogP contribution in [0.1, 0.15) is 12.8 Å². The van der Waals surface area contributed by atoms with E-state index in [4.69, 9.17) is 5.73 Å². The van der Waals surface area contributed by atoms with E-state index in [-0.39, 0.29) is 17.6 Å². The SMILES string of the molecule is NC(=O)C1CCCN(c2ncccc2F)C1. The Bertz CT molecular complexity index is 397. The highest BCUT2D eigenvalue weighted by atomic mass is 19.1. The van der Waals surface area contributed by atoms with Crippen LogP contribution in [0.3, 0.4) is 0 Å². The summed E-state index contributed by atoms with van der Waals surface area (Å²) in [6.07, 6.45) is 3.16. The zero-order chi connectivity index (χ0) is 11.5. The molecular weight excluding hydrogens is 209 g/mol. The quantitative estimate of drug-likeness (QED) is 0.811. The molecule has 1 aromatic rings. The lowest BCUT2D eigenvalue weighted by atomic mass is 9.97. The maximum atomic E-state index is 13.5. The van der Waals surface area contributed by atoms with Gasteiger partial charge >= 0.3 is 0 Å². The van der Waals surface area contributed by atoms with Crippen LogP contribution in [0, 0.1) is 11.7 Å². The number of piperidine rings is 1. The maximum absolute atomic E-state index is 13.5. The Morgan fingerprint density at radius 2 is 2.44 bits per heavy atom. The van der Waals surface area contributed by atoms with Gasteiger partial charge in [0.15, 0.2) is 11.6 Å². The zero-order valence-corrected chi connectivity index (χ0v) is 8.90. The summed E-state index contributed by atoms with van der Waals surface area (Å²) in [4.78, 5) is 16.9. The lowest BCUT2D eigenvalue weighted by Crippen LogP contribution is -2.41. The molecule has 0 aliphatic carbocycles. The Kier molecular flexibility index (Phi) is 3.03. The first-order valence-corrected chi connectivity index (χ1v) is 5.33. The normalized spacial score (nSPS) is 20.8. The summed E-state index contributed by atoms with van der Waals surface area (Å²) >= 11 is 0. The van der Waals surface area contributed by atoms with E-state index < -0.39 is 0 Å². The minimum Gasteiger partial charge on any atom is -0.369 e. The maximum Gasteiger partial charge on any atom is 0.222 e. The average molecular weight is 223 g/mol. The molecule has 0 aromatic carbocycles. The molecule has 1 amide bonds. The van der Waals surface area contributed by atoms with Crippen molar-refractivity contribution in [3.8, 4) is 0 Å². The molecule has 1 unspecified atom stereocenters. The van der Waals surface area contributed by atoms with Crippen molar-refractivity contribution in [2.45, 2.75) is 12.8 Å². The minimum atomic E-state index is -0.354. The number of amides is 1. The third-order valence-corrected chi connectivity index (χ3v) is 2.86. The molecule has 5 heteroatoms. The lowest BCUT2D eigenvalue weighted by Gasteiger charge is -2.32. The smallest absolute Gasteiger partial charge is 0.222 e. The fourth-order valence-corrected chi connectivity index (χ4v) is 2.01. The number of carbonyl (C=O) groups excluding carboxylic acids is 1. The van der Waals surface area contributed by atoms with Crippen molar-refractivity contribution < 1.29 is 9.18 Å². The fourth-order valence-electron chi connectivity index (χ4n) is 2.01. The number of carbonyl (C=O) groups is 1. The molecule has 0 radical (unpaired) electrons. The molecule has 86 valence electrons. The van der Waals surface area contributed by atoms with Gasteiger partial charge in [0.25, 0.3) is 0 Å². The number of aromatic nitrogens is 1. The second-order valence-corrected chi connectivity index (χ2v) is 4.00. The number of pyridine rings is 1. The molecule has 2 rings (SSSR count). The number of hydrogen-bond acceptors (Lipinski definition) is 3. The Morgan fingerprint density at radius 1 is 1.62 bits per heavy atom. The second-order valence-electron chi connectivity index (χ2n) is 4.00. The summed E-state index contributed by atoms with van der Waals surface area (Å²) < 4.78 is 13.5. The molecule has 1 fully saturated rings. The number of nitrogens with two attached hydrogens (primary N) is 1. The highest BCUT2D eigenvalue weighted by molar-refractivity contribution is 5.77. The molecule has 1 saturated heterocycles. The molecule has 4 nitrogen and oxygen atoms in total. The van der Waals surface area contributed by atoms with E-state index in [1.54, 1.807) is 17.2 Å². The summed E-state index contributed by atoms with van der Waals surface area (Å²) in [5.74, 6) is -0.558. The lowest BCUT2D eigenvalue weighted by molar-refractivity contribution is -0.122. The zero-order valence-electron chi connectivity index (χ0n) is 8.90. The highest BCUT2D eigenvalue weighted by Crippen LogP contribution is 2.23. The molecule has 0 saturated carbocycles. The molecule has 16 heavy (non-hydrogen) atoms. The number of rotatable bonds is 2. The number of halogens is 1. The molecule has 2 heterocycles. The molecule has 1 aliphatic heterocycles. The molecular formula is C11H14FN3O. The third kappa shape index (κ3) is 2.13. The van der Waals surface area contributed by atoms with Crippen LogP contribution in [0.15, 0.2) is 18.3 Å². The topological polar surface area (TPSA) is 59.2 Å². The van der Waals surface area contributed by atoms with Crippen molar-refractivity contribution in [1.82, 2.24) is 4.98 Å². The highest BCUT2D eigenvalue weighted by Gasteiger charge is 2.25. The van der Waals surface area contributed by atoms with Crippen LogP contribution in [-0.4, -0.2) is 24.0 Å². The van der Waals surface area contributed by atoms with Crippen molar-refractivity contribution in [2.24, 2.45) is 11.7 Å². The van der Waals surface area contributed by atoms with E-state index in [0.717, 1.165) is 19.4 Å². The largest absolute Gasteiger partial charge is 0.369 e. The van der Waals surface area contributed by atoms with Gasteiger partial charge in [-0.1, -0.05) is 0 Å². The Balaban J connectivity index is 2.16. The third-order valence-electron chi connectivity index (χ3n) is 2.86. The van der Waals surface area contributed by atoms with Gasteiger partial charge in [-0.2, -0.15) is 0 Å². The standard InChI is InChI=1S/C11H14FN3O/c12-9-4-1-5-14-11(9)15-6-2-3-8(7-15)10(13)16/h1,4-5,8H,2-3,6-7H2,(H2,13,16). The van der Waals surface area contributed by atoms with Gasteiger partial charge < -0.3 is 10.6 Å². The first-order chi connectivity index (χ1) is 7.68. The van der Waals surface area contributed by atoms with Gasteiger partial charge in [0.1, 0.15) is 0 Å². The Labute approximate surface area is 93.3 Å². The summed E-state index contributed by atoms with van der Waals surface area (Å²) in [5.41, 5.74) is 5.27. The van der Waals surface area contributed by atoms with E-state index in [9.17, 15) is 9.18 Å². The average Bonchev–Trinajstić information content (AvgIpc) is 2.30. The van der Waals surface area contributed by atoms with Crippen LogP contribution >= 0.6 is 0 Å². The molecule has 1 aromatic heterocycles. The van der Waals surface area contributed by atoms with Gasteiger partial charge in [0.05, 0.1) is 5.92 Å². The first-order valence-electron chi connectivity index (χ1n) is 5.33. The van der Waals surface area contributed by atoms with Crippen LogP contribution in [0.5, 0.6) is 0 Å². The van der Waals surface area contributed by atoms with Gasteiger partial charge in [0.2, 0.25) is 5.91 Å². The number of nitrogens with zero attached hydrogens (tertiary/aromatic N) is 2. The molecule has 2 N–H and O–H groups in total. The van der Waals surface area contributed by atoms with Crippen molar-refractivity contribution in [3.05, 3.63) is 24.1 Å². The van der Waals surface area contributed by atoms with Crippen molar-refractivity contribution in [2.75, 3.05) is 18.0 Å². The summed E-state index contributed by atoms with van der Waals surface area (Å²) in [5, 5.41) is 0. The molecule has 0 bridgehead atoms. The van der Waals surface area contributed by atoms with Crippen LogP contribution in [0.2, 0.25) is 0 Å². The van der Waals surface area contributed by atoms with Crippen LogP contribution in [0.4, 0.5) is 10.2 Å². The van der Waals surface area contributed by atoms with E-state index in [0.29, 0.717) is 12.4 Å². The van der Waals surface area contributed by atoms with Gasteiger partial charge in [-0.25, -0.2) is 9.37 Å². The first kappa shape index (κ1) is 10.9. The van der Waals surface area contributed by atoms with Gasteiger partial charge in [-0.3, -0.25) is 4.79 Å². The predicted molar refractivity (Wildman–Crippen MR) is 58.3 cm³/mol. The van der Waals surface area contributed by atoms with Crippen LogP contribution in [0.25, 0.3) is 0 Å². The fraction of sp³-hybridized carbons (Fsp3) is 0.455. The van der Waals surface area contributed by atoms with Crippen LogP contribution < -0.4 is 10.6 Å². The summed E-state index contributed by atoms with van der Waals surface area (Å²) in [6.45, 7) is 1.18. The van der Waals surface area contributed by atoms with E-state index in [1.807, 2.05) is 0 Å². The second kappa shape index (κ2) is 4.47. The molecule has 0 spiro atoms. The predicted octanol–water partition coefficient (Wildman–Crippen LogP) is 0.922. The van der Waals surface area contributed by atoms with Gasteiger partial charge in [-0.05, 0) is 25.0 Å². The van der Waals surface area contributed by atoms with Gasteiger partial charge in [0, 0.05) is 19.3 Å².